The molecule has 4 rings (SSSR count). The molecule has 2 aromatic carbocycles. The quantitative estimate of drug-likeness (QED) is 0.457. The molecule has 32 heavy (non-hydrogen) atoms. The van der Waals surface area contributed by atoms with Crippen LogP contribution in [0.15, 0.2) is 67.0 Å². The molecule has 8 heteroatoms. The monoisotopic (exact) mass is 429 g/mol. The third kappa shape index (κ3) is 4.92. The molecule has 0 bridgehead atoms. The highest BCUT2D eigenvalue weighted by Crippen LogP contribution is 2.24. The van der Waals surface area contributed by atoms with Crippen LogP contribution in [0.25, 0.3) is 5.82 Å². The Hall–Kier alpha value is -4.20. The van der Waals surface area contributed by atoms with Gasteiger partial charge in [-0.05, 0) is 69.3 Å². The number of aromatic nitrogens is 4. The maximum Gasteiger partial charge on any atom is 0.255 e. The van der Waals surface area contributed by atoms with Crippen LogP contribution in [0.4, 0.5) is 5.69 Å². The van der Waals surface area contributed by atoms with Gasteiger partial charge in [0.2, 0.25) is 5.88 Å². The molecule has 0 saturated heterocycles. The fraction of sp³-hybridized carbons (Fsp3) is 0.167. The van der Waals surface area contributed by atoms with E-state index < -0.39 is 0 Å². The Bertz CT molecular complexity index is 1220. The van der Waals surface area contributed by atoms with E-state index in [4.69, 9.17) is 9.47 Å². The molecule has 1 N–H and O–H groups in total. The minimum Gasteiger partial charge on any atom is -0.494 e. The lowest BCUT2D eigenvalue weighted by Crippen LogP contribution is -2.11. The van der Waals surface area contributed by atoms with Crippen LogP contribution >= 0.6 is 0 Å². The van der Waals surface area contributed by atoms with Crippen LogP contribution < -0.4 is 14.8 Å². The molecule has 0 spiro atoms. The van der Waals surface area contributed by atoms with Gasteiger partial charge in [0.15, 0.2) is 0 Å². The molecule has 4 aromatic rings. The Balaban J connectivity index is 1.43. The van der Waals surface area contributed by atoms with E-state index in [0.29, 0.717) is 41.1 Å². The zero-order chi connectivity index (χ0) is 22.5. The maximum absolute atomic E-state index is 12.5. The van der Waals surface area contributed by atoms with Gasteiger partial charge in [-0.2, -0.15) is 4.98 Å². The van der Waals surface area contributed by atoms with Crippen molar-refractivity contribution >= 4 is 11.6 Å². The number of ether oxygens (including phenoxy) is 2. The van der Waals surface area contributed by atoms with Gasteiger partial charge in [-0.1, -0.05) is 0 Å². The molecule has 0 aliphatic heterocycles. The second-order valence-corrected chi connectivity index (χ2v) is 6.99. The molecule has 162 valence electrons. The third-order valence-corrected chi connectivity index (χ3v) is 4.64. The smallest absolute Gasteiger partial charge is 0.255 e. The summed E-state index contributed by atoms with van der Waals surface area (Å²) in [6.45, 7) is 6.21. The molecule has 0 unspecified atom stereocenters. The standard InChI is InChI=1S/C24H23N5O3/c1-4-31-20-9-5-18(6-10-20)24(30)28-19-7-11-21(12-8-19)32-23-15-22(26-16(2)27-23)29-14-13-25-17(29)3/h5-15H,4H2,1-3H3,(H,28,30). The van der Waals surface area contributed by atoms with Gasteiger partial charge in [-0.25, -0.2) is 9.97 Å². The number of rotatable bonds is 7. The number of carbonyl (C=O) groups excluding carboxylic acids is 1. The van der Waals surface area contributed by atoms with Gasteiger partial charge >= 0.3 is 0 Å². The largest absolute Gasteiger partial charge is 0.494 e. The molecule has 2 aromatic heterocycles. The molecule has 1 amide bonds. The van der Waals surface area contributed by atoms with E-state index in [1.54, 1.807) is 60.8 Å². The number of aryl methyl sites for hydroxylation is 2. The van der Waals surface area contributed by atoms with Gasteiger partial charge in [-0.15, -0.1) is 0 Å². The molecule has 0 aliphatic rings. The molecule has 0 radical (unpaired) electrons. The van der Waals surface area contributed by atoms with Crippen molar-refractivity contribution in [3.05, 3.63) is 84.2 Å². The topological polar surface area (TPSA) is 91.2 Å². The van der Waals surface area contributed by atoms with Crippen LogP contribution in [0.3, 0.4) is 0 Å². The van der Waals surface area contributed by atoms with Crippen molar-refractivity contribution in [3.8, 4) is 23.2 Å². The summed E-state index contributed by atoms with van der Waals surface area (Å²) in [4.78, 5) is 25.5. The number of carbonyl (C=O) groups is 1. The van der Waals surface area contributed by atoms with Crippen LogP contribution in [0.1, 0.15) is 28.9 Å². The SMILES string of the molecule is CCOc1ccc(C(=O)Nc2ccc(Oc3cc(-n4ccnc4C)nc(C)n3)cc2)cc1. The van der Waals surface area contributed by atoms with Crippen molar-refractivity contribution in [2.24, 2.45) is 0 Å². The number of hydrogen-bond donors (Lipinski definition) is 1. The van der Waals surface area contributed by atoms with Crippen LogP contribution in [0.5, 0.6) is 17.4 Å². The number of amides is 1. The Morgan fingerprint density at radius 3 is 2.38 bits per heavy atom. The third-order valence-electron chi connectivity index (χ3n) is 4.64. The first-order valence-corrected chi connectivity index (χ1v) is 10.2. The average Bonchev–Trinajstić information content (AvgIpc) is 3.21. The van der Waals surface area contributed by atoms with Gasteiger partial charge in [0, 0.05) is 29.7 Å². The first kappa shape index (κ1) is 21.0. The first-order chi connectivity index (χ1) is 15.5. The fourth-order valence-corrected chi connectivity index (χ4v) is 3.12. The van der Waals surface area contributed by atoms with Gasteiger partial charge in [0.1, 0.15) is 29.0 Å². The predicted molar refractivity (Wildman–Crippen MR) is 121 cm³/mol. The summed E-state index contributed by atoms with van der Waals surface area (Å²) in [6.07, 6.45) is 3.55. The van der Waals surface area contributed by atoms with E-state index in [1.807, 2.05) is 31.5 Å². The summed E-state index contributed by atoms with van der Waals surface area (Å²) in [7, 11) is 0. The van der Waals surface area contributed by atoms with E-state index in [1.165, 1.54) is 0 Å². The molecular weight excluding hydrogens is 406 g/mol. The van der Waals surface area contributed by atoms with Crippen LogP contribution in [-0.4, -0.2) is 32.0 Å². The fourth-order valence-electron chi connectivity index (χ4n) is 3.12. The van der Waals surface area contributed by atoms with E-state index in [0.717, 1.165) is 11.6 Å². The Morgan fingerprint density at radius 2 is 1.72 bits per heavy atom. The lowest BCUT2D eigenvalue weighted by Gasteiger charge is -2.10. The van der Waals surface area contributed by atoms with E-state index in [-0.39, 0.29) is 5.91 Å². The minimum absolute atomic E-state index is 0.200. The highest BCUT2D eigenvalue weighted by molar-refractivity contribution is 6.04. The number of hydrogen-bond acceptors (Lipinski definition) is 6. The van der Waals surface area contributed by atoms with Crippen molar-refractivity contribution in [2.45, 2.75) is 20.8 Å². The number of nitrogens with zero attached hydrogens (tertiary/aromatic N) is 4. The summed E-state index contributed by atoms with van der Waals surface area (Å²) < 4.78 is 13.2. The predicted octanol–water partition coefficient (Wildman–Crippen LogP) is 4.72. The number of anilines is 1. The molecule has 0 saturated carbocycles. The van der Waals surface area contributed by atoms with E-state index >= 15 is 0 Å². The van der Waals surface area contributed by atoms with Gasteiger partial charge in [-0.3, -0.25) is 9.36 Å². The highest BCUT2D eigenvalue weighted by Gasteiger charge is 2.09. The molecule has 2 heterocycles. The summed E-state index contributed by atoms with van der Waals surface area (Å²) in [6, 6.07) is 15.9. The van der Waals surface area contributed by atoms with Gasteiger partial charge < -0.3 is 14.8 Å². The molecule has 0 fully saturated rings. The molecular formula is C24H23N5O3. The molecule has 0 atom stereocenters. The minimum atomic E-state index is -0.200. The first-order valence-electron chi connectivity index (χ1n) is 10.2. The van der Waals surface area contributed by atoms with Crippen molar-refractivity contribution in [1.29, 1.82) is 0 Å². The lowest BCUT2D eigenvalue weighted by molar-refractivity contribution is 0.102. The second kappa shape index (κ2) is 9.30. The zero-order valence-corrected chi connectivity index (χ0v) is 18.1. The number of imidazole rings is 1. The normalized spacial score (nSPS) is 10.6. The van der Waals surface area contributed by atoms with Crippen LogP contribution in [0, 0.1) is 13.8 Å². The Labute approximate surface area is 185 Å². The summed E-state index contributed by atoms with van der Waals surface area (Å²) in [5, 5.41) is 2.87. The van der Waals surface area contributed by atoms with E-state index in [2.05, 4.69) is 20.3 Å². The van der Waals surface area contributed by atoms with Crippen LogP contribution in [0.2, 0.25) is 0 Å². The lowest BCUT2D eigenvalue weighted by atomic mass is 10.2. The van der Waals surface area contributed by atoms with Gasteiger partial charge in [0.25, 0.3) is 5.91 Å². The highest BCUT2D eigenvalue weighted by atomic mass is 16.5. The summed E-state index contributed by atoms with van der Waals surface area (Å²) >= 11 is 0. The maximum atomic E-state index is 12.5. The number of nitrogens with one attached hydrogen (secondary N) is 1. The summed E-state index contributed by atoms with van der Waals surface area (Å²) in [5.41, 5.74) is 1.21. The van der Waals surface area contributed by atoms with E-state index in [9.17, 15) is 4.79 Å². The van der Waals surface area contributed by atoms with Crippen molar-refractivity contribution in [2.75, 3.05) is 11.9 Å². The van der Waals surface area contributed by atoms with Crippen molar-refractivity contribution in [1.82, 2.24) is 19.5 Å². The van der Waals surface area contributed by atoms with Crippen LogP contribution in [-0.2, 0) is 0 Å². The van der Waals surface area contributed by atoms with Crippen molar-refractivity contribution < 1.29 is 14.3 Å². The molecule has 0 aliphatic carbocycles. The second-order valence-electron chi connectivity index (χ2n) is 6.99. The Kier molecular flexibility index (Phi) is 6.12. The van der Waals surface area contributed by atoms with Crippen molar-refractivity contribution in [3.63, 3.8) is 0 Å². The Morgan fingerprint density at radius 1 is 1.00 bits per heavy atom. The number of benzene rings is 2. The average molecular weight is 429 g/mol. The zero-order valence-electron chi connectivity index (χ0n) is 18.1. The molecule has 8 nitrogen and oxygen atoms in total. The summed E-state index contributed by atoms with van der Waals surface area (Å²) in [5.74, 6) is 3.64. The van der Waals surface area contributed by atoms with Gasteiger partial charge in [0.05, 0.1) is 6.61 Å².